The molecule has 0 N–H and O–H groups in total. The number of benzene rings is 2. The van der Waals surface area contributed by atoms with Gasteiger partial charge in [-0.1, -0.05) is 57.9 Å². The molecule has 0 bridgehead atoms. The van der Waals surface area contributed by atoms with Crippen molar-refractivity contribution in [2.45, 2.75) is 6.54 Å². The molecule has 20 heavy (non-hydrogen) atoms. The van der Waals surface area contributed by atoms with E-state index in [0.717, 1.165) is 15.9 Å². The number of halogens is 2. The van der Waals surface area contributed by atoms with Gasteiger partial charge in [0.15, 0.2) is 5.82 Å². The molecule has 0 amide bonds. The van der Waals surface area contributed by atoms with Gasteiger partial charge in [-0.05, 0) is 23.8 Å². The van der Waals surface area contributed by atoms with Crippen LogP contribution >= 0.6 is 27.5 Å². The molecule has 2 aromatic carbocycles. The van der Waals surface area contributed by atoms with Crippen LogP contribution in [0.5, 0.6) is 0 Å². The lowest BCUT2D eigenvalue weighted by atomic mass is 10.2. The number of nitrogens with zero attached hydrogens (tertiary/aromatic N) is 3. The van der Waals surface area contributed by atoms with E-state index < -0.39 is 0 Å². The normalized spacial score (nSPS) is 10.7. The van der Waals surface area contributed by atoms with Crippen LogP contribution in [0, 0.1) is 0 Å². The predicted molar refractivity (Wildman–Crippen MR) is 83.7 cm³/mol. The molecule has 1 aromatic heterocycles. The Balaban J connectivity index is 2.00. The molecule has 5 heteroatoms. The van der Waals surface area contributed by atoms with Crippen LogP contribution in [0.25, 0.3) is 11.4 Å². The van der Waals surface area contributed by atoms with E-state index in [1.54, 1.807) is 6.33 Å². The molecule has 3 nitrogen and oxygen atoms in total. The third-order valence-electron chi connectivity index (χ3n) is 3.03. The minimum absolute atomic E-state index is 0.675. The molecular weight excluding hydrogens is 338 g/mol. The van der Waals surface area contributed by atoms with Crippen molar-refractivity contribution in [2.24, 2.45) is 0 Å². The molecule has 3 rings (SSSR count). The van der Waals surface area contributed by atoms with Crippen LogP contribution in [0.4, 0.5) is 0 Å². The molecule has 0 aliphatic rings. The second-order valence-corrected chi connectivity index (χ2v) is 5.62. The Bertz CT molecular complexity index is 739. The largest absolute Gasteiger partial charge is 0.309 e. The fourth-order valence-electron chi connectivity index (χ4n) is 2.03. The van der Waals surface area contributed by atoms with E-state index in [1.165, 1.54) is 5.56 Å². The van der Waals surface area contributed by atoms with Crippen molar-refractivity contribution in [1.29, 1.82) is 0 Å². The van der Waals surface area contributed by atoms with E-state index in [-0.39, 0.29) is 0 Å². The molecule has 0 fully saturated rings. The van der Waals surface area contributed by atoms with E-state index in [2.05, 4.69) is 32.2 Å². The molecule has 0 aliphatic heterocycles. The predicted octanol–water partition coefficient (Wildman–Crippen LogP) is 4.41. The van der Waals surface area contributed by atoms with Crippen LogP contribution in [-0.2, 0) is 6.54 Å². The topological polar surface area (TPSA) is 30.7 Å². The summed E-state index contributed by atoms with van der Waals surface area (Å²) < 4.78 is 3.06. The summed E-state index contributed by atoms with van der Waals surface area (Å²) in [6.45, 7) is 0.689. The summed E-state index contributed by atoms with van der Waals surface area (Å²) in [6.07, 6.45) is 1.72. The first kappa shape index (κ1) is 13.3. The molecule has 0 aliphatic carbocycles. The second-order valence-electron chi connectivity index (χ2n) is 4.35. The van der Waals surface area contributed by atoms with Gasteiger partial charge in [-0.3, -0.25) is 0 Å². The SMILES string of the molecule is Clc1ccccc1-c1nncn1Cc1ccccc1Br. The first-order valence-electron chi connectivity index (χ1n) is 6.12. The maximum Gasteiger partial charge on any atom is 0.165 e. The first-order valence-corrected chi connectivity index (χ1v) is 7.29. The molecule has 1 heterocycles. The highest BCUT2D eigenvalue weighted by Crippen LogP contribution is 2.26. The number of hydrogen-bond donors (Lipinski definition) is 0. The Hall–Kier alpha value is -1.65. The fraction of sp³-hybridized carbons (Fsp3) is 0.0667. The van der Waals surface area contributed by atoms with Crippen LogP contribution in [0.15, 0.2) is 59.3 Å². The Morgan fingerprint density at radius 1 is 1.05 bits per heavy atom. The molecule has 100 valence electrons. The van der Waals surface area contributed by atoms with Crippen molar-refractivity contribution in [3.63, 3.8) is 0 Å². The van der Waals surface area contributed by atoms with E-state index in [0.29, 0.717) is 11.6 Å². The Morgan fingerprint density at radius 3 is 2.60 bits per heavy atom. The Kier molecular flexibility index (Phi) is 3.85. The summed E-state index contributed by atoms with van der Waals surface area (Å²) in [5, 5.41) is 8.87. The molecule has 3 aromatic rings. The van der Waals surface area contributed by atoms with Gasteiger partial charge in [0.1, 0.15) is 6.33 Å². The smallest absolute Gasteiger partial charge is 0.165 e. The van der Waals surface area contributed by atoms with Crippen LogP contribution < -0.4 is 0 Å². The van der Waals surface area contributed by atoms with Crippen LogP contribution in [0.3, 0.4) is 0 Å². The van der Waals surface area contributed by atoms with Gasteiger partial charge in [-0.2, -0.15) is 0 Å². The Labute approximate surface area is 130 Å². The van der Waals surface area contributed by atoms with Crippen LogP contribution in [-0.4, -0.2) is 14.8 Å². The van der Waals surface area contributed by atoms with Gasteiger partial charge >= 0.3 is 0 Å². The molecular formula is C15H11BrClN3. The lowest BCUT2D eigenvalue weighted by Crippen LogP contribution is -2.02. The maximum atomic E-state index is 6.23. The summed E-state index contributed by atoms with van der Waals surface area (Å²) >= 11 is 9.79. The summed E-state index contributed by atoms with van der Waals surface area (Å²) in [4.78, 5) is 0. The van der Waals surface area contributed by atoms with Crippen LogP contribution in [0.2, 0.25) is 5.02 Å². The molecule has 0 unspecified atom stereocenters. The lowest BCUT2D eigenvalue weighted by Gasteiger charge is -2.09. The molecule has 0 saturated carbocycles. The van der Waals surface area contributed by atoms with E-state index in [1.807, 2.05) is 47.0 Å². The summed E-state index contributed by atoms with van der Waals surface area (Å²) in [5.41, 5.74) is 2.05. The van der Waals surface area contributed by atoms with Gasteiger partial charge in [0, 0.05) is 10.0 Å². The quantitative estimate of drug-likeness (QED) is 0.702. The monoisotopic (exact) mass is 347 g/mol. The summed E-state index contributed by atoms with van der Waals surface area (Å²) in [6, 6.07) is 15.7. The zero-order chi connectivity index (χ0) is 13.9. The molecule has 0 atom stereocenters. The first-order chi connectivity index (χ1) is 9.75. The van der Waals surface area contributed by atoms with Crippen molar-refractivity contribution >= 4 is 27.5 Å². The van der Waals surface area contributed by atoms with Gasteiger partial charge in [0.25, 0.3) is 0 Å². The van der Waals surface area contributed by atoms with Gasteiger partial charge in [0.05, 0.1) is 11.6 Å². The summed E-state index contributed by atoms with van der Waals surface area (Å²) in [7, 11) is 0. The van der Waals surface area contributed by atoms with Crippen LogP contribution in [0.1, 0.15) is 5.56 Å². The third-order valence-corrected chi connectivity index (χ3v) is 4.13. The molecule has 0 spiro atoms. The van der Waals surface area contributed by atoms with Crippen molar-refractivity contribution < 1.29 is 0 Å². The standard InChI is InChI=1S/C15H11BrClN3/c16-13-7-3-1-5-11(13)9-20-10-18-19-15(20)12-6-2-4-8-14(12)17/h1-8,10H,9H2. The Morgan fingerprint density at radius 2 is 1.80 bits per heavy atom. The molecule has 0 radical (unpaired) electrons. The molecule has 0 saturated heterocycles. The lowest BCUT2D eigenvalue weighted by molar-refractivity contribution is 0.800. The van der Waals surface area contributed by atoms with E-state index >= 15 is 0 Å². The highest BCUT2D eigenvalue weighted by molar-refractivity contribution is 9.10. The van der Waals surface area contributed by atoms with Crippen molar-refractivity contribution in [3.05, 3.63) is 69.9 Å². The van der Waals surface area contributed by atoms with Crippen molar-refractivity contribution in [1.82, 2.24) is 14.8 Å². The second kappa shape index (κ2) is 5.77. The number of hydrogen-bond acceptors (Lipinski definition) is 2. The number of rotatable bonds is 3. The fourth-order valence-corrected chi connectivity index (χ4v) is 2.66. The average Bonchev–Trinajstić information content (AvgIpc) is 2.90. The van der Waals surface area contributed by atoms with Crippen molar-refractivity contribution in [3.8, 4) is 11.4 Å². The third kappa shape index (κ3) is 2.62. The van der Waals surface area contributed by atoms with Crippen molar-refractivity contribution in [2.75, 3.05) is 0 Å². The average molecular weight is 349 g/mol. The highest BCUT2D eigenvalue weighted by atomic mass is 79.9. The van der Waals surface area contributed by atoms with E-state index in [4.69, 9.17) is 11.6 Å². The minimum Gasteiger partial charge on any atom is -0.309 e. The van der Waals surface area contributed by atoms with E-state index in [9.17, 15) is 0 Å². The van der Waals surface area contributed by atoms with Gasteiger partial charge in [-0.25, -0.2) is 0 Å². The zero-order valence-corrected chi connectivity index (χ0v) is 12.8. The summed E-state index contributed by atoms with van der Waals surface area (Å²) in [5.74, 6) is 0.770. The minimum atomic E-state index is 0.675. The van der Waals surface area contributed by atoms with Gasteiger partial charge in [-0.15, -0.1) is 10.2 Å². The zero-order valence-electron chi connectivity index (χ0n) is 10.5. The van der Waals surface area contributed by atoms with Gasteiger partial charge < -0.3 is 4.57 Å². The highest BCUT2D eigenvalue weighted by Gasteiger charge is 2.11. The van der Waals surface area contributed by atoms with Gasteiger partial charge in [0.2, 0.25) is 0 Å². The number of aromatic nitrogens is 3. The maximum absolute atomic E-state index is 6.23.